The number of aromatic nitrogens is 2. The van der Waals surface area contributed by atoms with Gasteiger partial charge in [-0.3, -0.25) is 0 Å². The molecule has 0 N–H and O–H groups in total. The molecule has 1 aromatic heterocycles. The molecule has 0 radical (unpaired) electrons. The molecule has 0 spiro atoms. The second-order valence-electron chi connectivity index (χ2n) is 2.23. The van der Waals surface area contributed by atoms with E-state index in [0.717, 1.165) is 11.4 Å². The lowest BCUT2D eigenvalue weighted by Crippen LogP contribution is -2.14. The topological polar surface area (TPSA) is 50.8 Å². The van der Waals surface area contributed by atoms with Crippen LogP contribution < -0.4 is 4.84 Å². The zero-order valence-corrected chi connectivity index (χ0v) is 6.53. The Labute approximate surface area is 65.0 Å². The maximum atomic E-state index is 8.21. The number of nitriles is 1. The number of aryl methyl sites for hydroxylation is 2. The second-order valence-corrected chi connectivity index (χ2v) is 2.23. The van der Waals surface area contributed by atoms with Crippen molar-refractivity contribution in [3.8, 4) is 6.07 Å². The summed E-state index contributed by atoms with van der Waals surface area (Å²) in [7, 11) is 0. The summed E-state index contributed by atoms with van der Waals surface area (Å²) in [5, 5.41) is 12.2. The molecule has 58 valence electrons. The van der Waals surface area contributed by atoms with E-state index in [9.17, 15) is 0 Å². The van der Waals surface area contributed by atoms with Crippen LogP contribution in [0.2, 0.25) is 0 Å². The van der Waals surface area contributed by atoms with Crippen LogP contribution in [0.3, 0.4) is 0 Å². The zero-order valence-electron chi connectivity index (χ0n) is 6.53. The van der Waals surface area contributed by atoms with Gasteiger partial charge in [-0.2, -0.15) is 5.26 Å². The van der Waals surface area contributed by atoms with Crippen LogP contribution in [0.25, 0.3) is 0 Å². The fourth-order valence-electron chi connectivity index (χ4n) is 0.829. The van der Waals surface area contributed by atoms with E-state index >= 15 is 0 Å². The Hall–Kier alpha value is -1.50. The fourth-order valence-corrected chi connectivity index (χ4v) is 0.829. The molecule has 0 atom stereocenters. The first kappa shape index (κ1) is 7.61. The molecule has 0 saturated heterocycles. The van der Waals surface area contributed by atoms with Crippen LogP contribution in [0.15, 0.2) is 6.07 Å². The Morgan fingerprint density at radius 3 is 2.91 bits per heavy atom. The van der Waals surface area contributed by atoms with Gasteiger partial charge in [0.05, 0.1) is 11.4 Å². The standard InChI is InChI=1S/C7H9N3O/c1-6-5-7(2)10(9-6)11-4-3-8/h5H,4H2,1-2H3. The first-order chi connectivity index (χ1) is 5.24. The van der Waals surface area contributed by atoms with Crippen LogP contribution in [-0.4, -0.2) is 16.6 Å². The van der Waals surface area contributed by atoms with Crippen LogP contribution in [0.1, 0.15) is 11.4 Å². The highest BCUT2D eigenvalue weighted by molar-refractivity contribution is 5.05. The summed E-state index contributed by atoms with van der Waals surface area (Å²) >= 11 is 0. The van der Waals surface area contributed by atoms with Gasteiger partial charge in [-0.05, 0) is 19.9 Å². The number of hydrogen-bond acceptors (Lipinski definition) is 3. The predicted molar refractivity (Wildman–Crippen MR) is 38.8 cm³/mol. The summed E-state index contributed by atoms with van der Waals surface area (Å²) in [6.07, 6.45) is 0. The van der Waals surface area contributed by atoms with Gasteiger partial charge in [0.2, 0.25) is 6.61 Å². The van der Waals surface area contributed by atoms with Gasteiger partial charge >= 0.3 is 0 Å². The van der Waals surface area contributed by atoms with Gasteiger partial charge in [-0.1, -0.05) is 0 Å². The van der Waals surface area contributed by atoms with Crippen molar-refractivity contribution in [3.05, 3.63) is 17.5 Å². The Morgan fingerprint density at radius 2 is 2.45 bits per heavy atom. The quantitative estimate of drug-likeness (QED) is 0.616. The van der Waals surface area contributed by atoms with E-state index in [4.69, 9.17) is 10.1 Å². The molecule has 0 aliphatic carbocycles. The van der Waals surface area contributed by atoms with E-state index in [1.54, 1.807) is 0 Å². The van der Waals surface area contributed by atoms with Crippen LogP contribution in [0, 0.1) is 25.2 Å². The minimum Gasteiger partial charge on any atom is -0.381 e. The van der Waals surface area contributed by atoms with Crippen LogP contribution in [0.5, 0.6) is 0 Å². The summed E-state index contributed by atoms with van der Waals surface area (Å²) in [5.41, 5.74) is 1.79. The summed E-state index contributed by atoms with van der Waals surface area (Å²) in [6.45, 7) is 3.78. The Morgan fingerprint density at radius 1 is 1.73 bits per heavy atom. The van der Waals surface area contributed by atoms with Crippen molar-refractivity contribution in [2.75, 3.05) is 6.61 Å². The first-order valence-corrected chi connectivity index (χ1v) is 3.27. The molecule has 0 fully saturated rings. The smallest absolute Gasteiger partial charge is 0.202 e. The zero-order chi connectivity index (χ0) is 8.27. The first-order valence-electron chi connectivity index (χ1n) is 3.27. The van der Waals surface area contributed by atoms with Crippen molar-refractivity contribution < 1.29 is 4.84 Å². The lowest BCUT2D eigenvalue weighted by atomic mass is 10.4. The maximum Gasteiger partial charge on any atom is 0.202 e. The molecule has 1 heterocycles. The van der Waals surface area contributed by atoms with Crippen LogP contribution >= 0.6 is 0 Å². The molecule has 4 nitrogen and oxygen atoms in total. The van der Waals surface area contributed by atoms with Gasteiger partial charge in [0, 0.05) is 0 Å². The summed E-state index contributed by atoms with van der Waals surface area (Å²) < 4.78 is 0. The van der Waals surface area contributed by atoms with Crippen molar-refractivity contribution in [1.29, 1.82) is 5.26 Å². The van der Waals surface area contributed by atoms with Gasteiger partial charge < -0.3 is 4.84 Å². The molecule has 11 heavy (non-hydrogen) atoms. The Balaban J connectivity index is 2.71. The maximum absolute atomic E-state index is 8.21. The SMILES string of the molecule is Cc1cc(C)n(OCC#N)n1. The summed E-state index contributed by atoms with van der Waals surface area (Å²) in [4.78, 5) is 6.31. The van der Waals surface area contributed by atoms with Crippen molar-refractivity contribution in [2.24, 2.45) is 0 Å². The molecular formula is C7H9N3O. The molecule has 0 unspecified atom stereocenters. The second kappa shape index (κ2) is 3.06. The van der Waals surface area contributed by atoms with Crippen molar-refractivity contribution >= 4 is 0 Å². The van der Waals surface area contributed by atoms with Crippen molar-refractivity contribution in [1.82, 2.24) is 9.94 Å². The molecule has 1 rings (SSSR count). The highest BCUT2D eigenvalue weighted by atomic mass is 16.7. The third-order valence-electron chi connectivity index (χ3n) is 1.22. The van der Waals surface area contributed by atoms with Crippen LogP contribution in [0.4, 0.5) is 0 Å². The van der Waals surface area contributed by atoms with E-state index in [1.807, 2.05) is 26.0 Å². The minimum atomic E-state index is 0.0297. The lowest BCUT2D eigenvalue weighted by Gasteiger charge is -2.00. The number of nitrogens with zero attached hydrogens (tertiary/aromatic N) is 3. The van der Waals surface area contributed by atoms with Crippen molar-refractivity contribution in [3.63, 3.8) is 0 Å². The average molecular weight is 151 g/mol. The molecule has 4 heteroatoms. The minimum absolute atomic E-state index is 0.0297. The molecule has 1 aromatic rings. The predicted octanol–water partition coefficient (Wildman–Crippen LogP) is 0.452. The van der Waals surface area contributed by atoms with E-state index < -0.39 is 0 Å². The molecule has 0 saturated carbocycles. The highest BCUT2D eigenvalue weighted by Crippen LogP contribution is 1.98. The van der Waals surface area contributed by atoms with E-state index in [0.29, 0.717) is 0 Å². The third-order valence-corrected chi connectivity index (χ3v) is 1.22. The van der Waals surface area contributed by atoms with E-state index in [-0.39, 0.29) is 6.61 Å². The molecule has 0 aromatic carbocycles. The summed E-state index contributed by atoms with van der Waals surface area (Å²) in [6, 6.07) is 3.76. The number of rotatable bonds is 2. The fraction of sp³-hybridized carbons (Fsp3) is 0.429. The molecular weight excluding hydrogens is 142 g/mol. The largest absolute Gasteiger partial charge is 0.381 e. The summed E-state index contributed by atoms with van der Waals surface area (Å²) in [5.74, 6) is 0. The average Bonchev–Trinajstić information content (AvgIpc) is 2.26. The van der Waals surface area contributed by atoms with Crippen molar-refractivity contribution in [2.45, 2.75) is 13.8 Å². The molecule has 0 bridgehead atoms. The monoisotopic (exact) mass is 151 g/mol. The highest BCUT2D eigenvalue weighted by Gasteiger charge is 1.99. The lowest BCUT2D eigenvalue weighted by molar-refractivity contribution is 0.102. The third kappa shape index (κ3) is 1.71. The van der Waals surface area contributed by atoms with E-state index in [2.05, 4.69) is 5.10 Å². The van der Waals surface area contributed by atoms with Crippen LogP contribution in [-0.2, 0) is 0 Å². The van der Waals surface area contributed by atoms with Gasteiger partial charge in [-0.25, -0.2) is 0 Å². The molecule has 0 amide bonds. The van der Waals surface area contributed by atoms with Gasteiger partial charge in [0.1, 0.15) is 6.07 Å². The molecule has 0 aliphatic heterocycles. The number of hydrogen-bond donors (Lipinski definition) is 0. The van der Waals surface area contributed by atoms with E-state index in [1.165, 1.54) is 4.85 Å². The normalized spacial score (nSPS) is 9.18. The Kier molecular flexibility index (Phi) is 2.12. The van der Waals surface area contributed by atoms with Gasteiger partial charge in [0.25, 0.3) is 0 Å². The Bertz CT molecular complexity index is 284. The van der Waals surface area contributed by atoms with Gasteiger partial charge in [-0.15, -0.1) is 9.94 Å². The van der Waals surface area contributed by atoms with Gasteiger partial charge in [0.15, 0.2) is 0 Å². The molecule has 0 aliphatic rings.